The van der Waals surface area contributed by atoms with Gasteiger partial charge in [-0.05, 0) is 18.9 Å². The van der Waals surface area contributed by atoms with Gasteiger partial charge in [0, 0.05) is 18.4 Å². The molecule has 0 unspecified atom stereocenters. The maximum absolute atomic E-state index is 12.2. The number of para-hydroxylation sites is 1. The number of rotatable bonds is 6. The van der Waals surface area contributed by atoms with Crippen molar-refractivity contribution in [2.24, 2.45) is 5.73 Å². The summed E-state index contributed by atoms with van der Waals surface area (Å²) in [5.74, 6) is -0.143. The second-order valence-electron chi connectivity index (χ2n) is 4.41. The number of hydrogen-bond acceptors (Lipinski definition) is 3. The van der Waals surface area contributed by atoms with Crippen molar-refractivity contribution in [1.82, 2.24) is 0 Å². The lowest BCUT2D eigenvalue weighted by Gasteiger charge is -2.25. The minimum absolute atomic E-state index is 0.143. The fourth-order valence-corrected chi connectivity index (χ4v) is 1.74. The standard InChI is InChI=1S/C14H22N2O2/c1-4-14(15,5-2)13(17)16-12-9-7-6-8-11(12)10-18-3/h6-9H,4-5,10,15H2,1-3H3,(H,16,17). The van der Waals surface area contributed by atoms with Crippen LogP contribution in [0.15, 0.2) is 24.3 Å². The monoisotopic (exact) mass is 250 g/mol. The molecule has 3 N–H and O–H groups in total. The summed E-state index contributed by atoms with van der Waals surface area (Å²) in [5, 5.41) is 2.89. The zero-order valence-electron chi connectivity index (χ0n) is 11.3. The second-order valence-corrected chi connectivity index (χ2v) is 4.41. The Labute approximate surface area is 109 Å². The molecule has 0 spiro atoms. The van der Waals surface area contributed by atoms with Crippen LogP contribution in [0.3, 0.4) is 0 Å². The van der Waals surface area contributed by atoms with Gasteiger partial charge in [-0.3, -0.25) is 4.79 Å². The normalized spacial score (nSPS) is 11.3. The van der Waals surface area contributed by atoms with Crippen molar-refractivity contribution in [2.75, 3.05) is 12.4 Å². The fourth-order valence-electron chi connectivity index (χ4n) is 1.74. The molecule has 0 aliphatic heterocycles. The minimum Gasteiger partial charge on any atom is -0.380 e. The molecule has 0 aromatic heterocycles. The lowest BCUT2D eigenvalue weighted by atomic mass is 9.93. The molecule has 0 saturated carbocycles. The van der Waals surface area contributed by atoms with Crippen molar-refractivity contribution in [2.45, 2.75) is 38.8 Å². The molecule has 100 valence electrons. The van der Waals surface area contributed by atoms with Gasteiger partial charge in [0.1, 0.15) is 0 Å². The Kier molecular flexibility index (Phi) is 5.31. The number of benzene rings is 1. The van der Waals surface area contributed by atoms with Gasteiger partial charge in [-0.25, -0.2) is 0 Å². The lowest BCUT2D eigenvalue weighted by molar-refractivity contribution is -0.121. The summed E-state index contributed by atoms with van der Waals surface area (Å²) in [5.41, 5.74) is 6.98. The van der Waals surface area contributed by atoms with Crippen LogP contribution >= 0.6 is 0 Å². The zero-order chi connectivity index (χ0) is 13.6. The molecule has 0 saturated heterocycles. The molecule has 0 aliphatic carbocycles. The molecule has 0 heterocycles. The minimum atomic E-state index is -0.805. The predicted octanol–water partition coefficient (Wildman–Crippen LogP) is 2.29. The summed E-state index contributed by atoms with van der Waals surface area (Å²) in [7, 11) is 1.63. The van der Waals surface area contributed by atoms with Gasteiger partial charge in [0.2, 0.25) is 5.91 Å². The molecule has 18 heavy (non-hydrogen) atoms. The summed E-state index contributed by atoms with van der Waals surface area (Å²) in [6.45, 7) is 4.31. The fraction of sp³-hybridized carbons (Fsp3) is 0.500. The van der Waals surface area contributed by atoms with E-state index < -0.39 is 5.54 Å². The van der Waals surface area contributed by atoms with Crippen molar-refractivity contribution < 1.29 is 9.53 Å². The van der Waals surface area contributed by atoms with Gasteiger partial charge in [-0.2, -0.15) is 0 Å². The molecule has 1 aromatic rings. The molecule has 4 nitrogen and oxygen atoms in total. The molecular formula is C14H22N2O2. The number of ether oxygens (including phenoxy) is 1. The first-order chi connectivity index (χ1) is 8.57. The Hall–Kier alpha value is -1.39. The van der Waals surface area contributed by atoms with Crippen LogP contribution in [0.25, 0.3) is 0 Å². The highest BCUT2D eigenvalue weighted by Gasteiger charge is 2.30. The van der Waals surface area contributed by atoms with E-state index in [0.29, 0.717) is 19.4 Å². The van der Waals surface area contributed by atoms with Crippen LogP contribution in [0.2, 0.25) is 0 Å². The largest absolute Gasteiger partial charge is 0.380 e. The van der Waals surface area contributed by atoms with Gasteiger partial charge in [0.15, 0.2) is 0 Å². The summed E-state index contributed by atoms with van der Waals surface area (Å²) in [4.78, 5) is 12.2. The summed E-state index contributed by atoms with van der Waals surface area (Å²) in [6, 6.07) is 7.58. The number of amides is 1. The van der Waals surface area contributed by atoms with Crippen molar-refractivity contribution in [1.29, 1.82) is 0 Å². The molecular weight excluding hydrogens is 228 g/mol. The predicted molar refractivity (Wildman–Crippen MR) is 73.3 cm³/mol. The Morgan fingerprint density at radius 1 is 1.33 bits per heavy atom. The van der Waals surface area contributed by atoms with Crippen LogP contribution in [0.4, 0.5) is 5.69 Å². The molecule has 0 radical (unpaired) electrons. The Balaban J connectivity index is 2.87. The van der Waals surface area contributed by atoms with Crippen LogP contribution in [0.5, 0.6) is 0 Å². The number of nitrogens with two attached hydrogens (primary N) is 1. The van der Waals surface area contributed by atoms with Crippen LogP contribution in [-0.2, 0) is 16.1 Å². The van der Waals surface area contributed by atoms with E-state index in [4.69, 9.17) is 10.5 Å². The Bertz CT molecular complexity index is 401. The van der Waals surface area contributed by atoms with Crippen LogP contribution in [-0.4, -0.2) is 18.6 Å². The highest BCUT2D eigenvalue weighted by Crippen LogP contribution is 2.19. The summed E-state index contributed by atoms with van der Waals surface area (Å²) >= 11 is 0. The lowest BCUT2D eigenvalue weighted by Crippen LogP contribution is -2.50. The van der Waals surface area contributed by atoms with Crippen molar-refractivity contribution in [3.8, 4) is 0 Å². The van der Waals surface area contributed by atoms with E-state index in [9.17, 15) is 4.79 Å². The first-order valence-corrected chi connectivity index (χ1v) is 6.24. The van der Waals surface area contributed by atoms with E-state index in [2.05, 4.69) is 5.32 Å². The first kappa shape index (κ1) is 14.7. The Morgan fingerprint density at radius 2 is 1.94 bits per heavy atom. The van der Waals surface area contributed by atoms with E-state index in [0.717, 1.165) is 11.3 Å². The average Bonchev–Trinajstić information content (AvgIpc) is 2.40. The van der Waals surface area contributed by atoms with Gasteiger partial charge in [0.05, 0.1) is 12.1 Å². The third kappa shape index (κ3) is 3.31. The number of methoxy groups -OCH3 is 1. The highest BCUT2D eigenvalue weighted by atomic mass is 16.5. The third-order valence-corrected chi connectivity index (χ3v) is 3.28. The molecule has 1 amide bonds. The van der Waals surface area contributed by atoms with Gasteiger partial charge in [0.25, 0.3) is 0 Å². The number of carbonyl (C=O) groups is 1. The molecule has 0 bridgehead atoms. The van der Waals surface area contributed by atoms with E-state index in [1.165, 1.54) is 0 Å². The Morgan fingerprint density at radius 3 is 2.50 bits per heavy atom. The molecule has 1 aromatic carbocycles. The second kappa shape index (κ2) is 6.52. The van der Waals surface area contributed by atoms with E-state index in [1.807, 2.05) is 38.1 Å². The zero-order valence-corrected chi connectivity index (χ0v) is 11.3. The molecule has 0 fully saturated rings. The van der Waals surface area contributed by atoms with E-state index >= 15 is 0 Å². The molecule has 4 heteroatoms. The summed E-state index contributed by atoms with van der Waals surface area (Å²) in [6.07, 6.45) is 1.23. The van der Waals surface area contributed by atoms with Crippen LogP contribution in [0.1, 0.15) is 32.3 Å². The maximum atomic E-state index is 12.2. The van der Waals surface area contributed by atoms with Gasteiger partial charge < -0.3 is 15.8 Å². The van der Waals surface area contributed by atoms with Gasteiger partial charge in [-0.15, -0.1) is 0 Å². The molecule has 1 rings (SSSR count). The van der Waals surface area contributed by atoms with Gasteiger partial charge >= 0.3 is 0 Å². The average molecular weight is 250 g/mol. The topological polar surface area (TPSA) is 64.4 Å². The maximum Gasteiger partial charge on any atom is 0.244 e. The summed E-state index contributed by atoms with van der Waals surface area (Å²) < 4.78 is 5.11. The van der Waals surface area contributed by atoms with Crippen molar-refractivity contribution >= 4 is 11.6 Å². The van der Waals surface area contributed by atoms with Crippen LogP contribution in [0, 0.1) is 0 Å². The van der Waals surface area contributed by atoms with E-state index in [1.54, 1.807) is 7.11 Å². The SMILES string of the molecule is CCC(N)(CC)C(=O)Nc1ccccc1COC. The van der Waals surface area contributed by atoms with Gasteiger partial charge in [-0.1, -0.05) is 32.0 Å². The highest BCUT2D eigenvalue weighted by molar-refractivity contribution is 5.98. The number of carbonyl (C=O) groups excluding carboxylic acids is 1. The molecule has 0 atom stereocenters. The van der Waals surface area contributed by atoms with E-state index in [-0.39, 0.29) is 5.91 Å². The number of hydrogen-bond donors (Lipinski definition) is 2. The molecule has 0 aliphatic rings. The van der Waals surface area contributed by atoms with Crippen LogP contribution < -0.4 is 11.1 Å². The number of anilines is 1. The van der Waals surface area contributed by atoms with Crippen molar-refractivity contribution in [3.63, 3.8) is 0 Å². The smallest absolute Gasteiger partial charge is 0.244 e. The van der Waals surface area contributed by atoms with Crippen molar-refractivity contribution in [3.05, 3.63) is 29.8 Å². The first-order valence-electron chi connectivity index (χ1n) is 6.24. The number of nitrogens with one attached hydrogen (secondary N) is 1. The quantitative estimate of drug-likeness (QED) is 0.814. The third-order valence-electron chi connectivity index (χ3n) is 3.28.